The SMILES string of the molecule is O=C(C[C@H]1CCc2ccccc21)NCCn1nc(-c2ccccc2)ccc1=O. The van der Waals surface area contributed by atoms with Crippen molar-refractivity contribution >= 4 is 5.91 Å². The fraction of sp³-hybridized carbons (Fsp3) is 0.261. The summed E-state index contributed by atoms with van der Waals surface area (Å²) in [6.07, 6.45) is 2.55. The highest BCUT2D eigenvalue weighted by atomic mass is 16.1. The van der Waals surface area contributed by atoms with Crippen molar-refractivity contribution in [2.24, 2.45) is 0 Å². The second kappa shape index (κ2) is 8.21. The van der Waals surface area contributed by atoms with Gasteiger partial charge in [-0.3, -0.25) is 9.59 Å². The number of aromatic nitrogens is 2. The van der Waals surface area contributed by atoms with E-state index in [0.29, 0.717) is 25.4 Å². The van der Waals surface area contributed by atoms with Gasteiger partial charge < -0.3 is 5.32 Å². The van der Waals surface area contributed by atoms with Gasteiger partial charge in [0.05, 0.1) is 12.2 Å². The first kappa shape index (κ1) is 18.2. The van der Waals surface area contributed by atoms with Crippen molar-refractivity contribution in [3.05, 3.63) is 88.2 Å². The minimum atomic E-state index is -0.168. The molecular formula is C23H23N3O2. The molecule has 0 spiro atoms. The summed E-state index contributed by atoms with van der Waals surface area (Å²) >= 11 is 0. The summed E-state index contributed by atoms with van der Waals surface area (Å²) in [5.74, 6) is 0.312. The lowest BCUT2D eigenvalue weighted by molar-refractivity contribution is -0.121. The predicted octanol–water partition coefficient (Wildman–Crippen LogP) is 3.15. The lowest BCUT2D eigenvalue weighted by atomic mass is 9.97. The molecule has 1 N–H and O–H groups in total. The van der Waals surface area contributed by atoms with Crippen molar-refractivity contribution in [1.29, 1.82) is 0 Å². The minimum Gasteiger partial charge on any atom is -0.354 e. The topological polar surface area (TPSA) is 64.0 Å². The summed E-state index contributed by atoms with van der Waals surface area (Å²) < 4.78 is 1.41. The van der Waals surface area contributed by atoms with Crippen molar-refractivity contribution in [3.8, 4) is 11.3 Å². The summed E-state index contributed by atoms with van der Waals surface area (Å²) in [4.78, 5) is 24.4. The van der Waals surface area contributed by atoms with Gasteiger partial charge in [-0.05, 0) is 36.0 Å². The van der Waals surface area contributed by atoms with Crippen LogP contribution in [0.5, 0.6) is 0 Å². The van der Waals surface area contributed by atoms with Gasteiger partial charge in [0, 0.05) is 24.6 Å². The molecule has 0 unspecified atom stereocenters. The van der Waals surface area contributed by atoms with Crippen molar-refractivity contribution in [1.82, 2.24) is 15.1 Å². The van der Waals surface area contributed by atoms with Crippen LogP contribution in [0.1, 0.15) is 29.9 Å². The van der Waals surface area contributed by atoms with Gasteiger partial charge in [0.15, 0.2) is 0 Å². The largest absolute Gasteiger partial charge is 0.354 e. The highest BCUT2D eigenvalue weighted by Gasteiger charge is 2.23. The molecule has 0 radical (unpaired) electrons. The quantitative estimate of drug-likeness (QED) is 0.722. The van der Waals surface area contributed by atoms with Crippen LogP contribution in [0, 0.1) is 0 Å². The number of hydrogen-bond acceptors (Lipinski definition) is 3. The van der Waals surface area contributed by atoms with Crippen LogP contribution in [-0.2, 0) is 17.8 Å². The summed E-state index contributed by atoms with van der Waals surface area (Å²) in [5.41, 5.74) is 4.19. The second-order valence-electron chi connectivity index (χ2n) is 7.13. The molecule has 4 rings (SSSR count). The van der Waals surface area contributed by atoms with Crippen LogP contribution in [0.15, 0.2) is 71.5 Å². The molecule has 1 heterocycles. The van der Waals surface area contributed by atoms with E-state index in [0.717, 1.165) is 24.1 Å². The number of carbonyl (C=O) groups excluding carboxylic acids is 1. The van der Waals surface area contributed by atoms with Gasteiger partial charge in [-0.25, -0.2) is 4.68 Å². The monoisotopic (exact) mass is 373 g/mol. The molecule has 0 bridgehead atoms. The Kier molecular flexibility index (Phi) is 5.33. The number of carbonyl (C=O) groups is 1. The first-order chi connectivity index (χ1) is 13.7. The van der Waals surface area contributed by atoms with Gasteiger partial charge in [-0.2, -0.15) is 5.10 Å². The first-order valence-electron chi connectivity index (χ1n) is 9.69. The zero-order valence-electron chi connectivity index (χ0n) is 15.7. The fourth-order valence-corrected chi connectivity index (χ4v) is 3.83. The first-order valence-corrected chi connectivity index (χ1v) is 9.69. The van der Waals surface area contributed by atoms with Crippen LogP contribution in [0.3, 0.4) is 0 Å². The summed E-state index contributed by atoms with van der Waals surface area (Å²) in [6.45, 7) is 0.741. The number of amides is 1. The maximum absolute atomic E-state index is 12.4. The normalized spacial score (nSPS) is 15.2. The van der Waals surface area contributed by atoms with E-state index in [1.807, 2.05) is 36.4 Å². The number of nitrogens with zero attached hydrogens (tertiary/aromatic N) is 2. The van der Waals surface area contributed by atoms with E-state index in [1.54, 1.807) is 6.07 Å². The number of fused-ring (bicyclic) bond motifs is 1. The number of hydrogen-bond donors (Lipinski definition) is 1. The van der Waals surface area contributed by atoms with E-state index in [-0.39, 0.29) is 11.5 Å². The average Bonchev–Trinajstić information content (AvgIpc) is 3.13. The van der Waals surface area contributed by atoms with Crippen molar-refractivity contribution in [2.75, 3.05) is 6.54 Å². The van der Waals surface area contributed by atoms with E-state index in [1.165, 1.54) is 21.9 Å². The van der Waals surface area contributed by atoms with E-state index in [2.05, 4.69) is 28.6 Å². The predicted molar refractivity (Wildman–Crippen MR) is 109 cm³/mol. The average molecular weight is 373 g/mol. The Balaban J connectivity index is 1.34. The van der Waals surface area contributed by atoms with Crippen molar-refractivity contribution < 1.29 is 4.79 Å². The Morgan fingerprint density at radius 3 is 2.68 bits per heavy atom. The Morgan fingerprint density at radius 2 is 1.82 bits per heavy atom. The van der Waals surface area contributed by atoms with Gasteiger partial charge >= 0.3 is 0 Å². The molecule has 0 aliphatic heterocycles. The fourth-order valence-electron chi connectivity index (χ4n) is 3.83. The molecule has 2 aromatic carbocycles. The number of aryl methyl sites for hydroxylation is 1. The van der Waals surface area contributed by atoms with E-state index in [9.17, 15) is 9.59 Å². The maximum Gasteiger partial charge on any atom is 0.266 e. The van der Waals surface area contributed by atoms with Crippen LogP contribution < -0.4 is 10.9 Å². The van der Waals surface area contributed by atoms with Crippen LogP contribution in [0.4, 0.5) is 0 Å². The van der Waals surface area contributed by atoms with E-state index < -0.39 is 0 Å². The van der Waals surface area contributed by atoms with Gasteiger partial charge in [-0.15, -0.1) is 0 Å². The zero-order chi connectivity index (χ0) is 19.3. The molecule has 0 saturated heterocycles. The van der Waals surface area contributed by atoms with Crippen LogP contribution in [0.25, 0.3) is 11.3 Å². The molecule has 5 heteroatoms. The van der Waals surface area contributed by atoms with Crippen molar-refractivity contribution in [2.45, 2.75) is 31.7 Å². The molecule has 0 fully saturated rings. The molecule has 1 atom stereocenters. The Morgan fingerprint density at radius 1 is 1.04 bits per heavy atom. The van der Waals surface area contributed by atoms with E-state index >= 15 is 0 Å². The summed E-state index contributed by atoms with van der Waals surface area (Å²) in [7, 11) is 0. The second-order valence-corrected chi connectivity index (χ2v) is 7.13. The van der Waals surface area contributed by atoms with Gasteiger partial charge in [-0.1, -0.05) is 54.6 Å². The Bertz CT molecular complexity index is 1030. The minimum absolute atomic E-state index is 0.0222. The molecule has 1 aliphatic carbocycles. The molecule has 3 aromatic rings. The standard InChI is InChI=1S/C23H23N3O2/c27-22(16-19-11-10-17-6-4-5-9-20(17)19)24-14-15-26-23(28)13-12-21(25-26)18-7-2-1-3-8-18/h1-9,12-13,19H,10-11,14-16H2,(H,24,27)/t19-/m1/s1. The number of benzene rings is 2. The lowest BCUT2D eigenvalue weighted by Crippen LogP contribution is -2.32. The number of rotatable bonds is 6. The van der Waals surface area contributed by atoms with Gasteiger partial charge in [0.25, 0.3) is 5.56 Å². The van der Waals surface area contributed by atoms with Gasteiger partial charge in [0.2, 0.25) is 5.91 Å². The maximum atomic E-state index is 12.4. The third-order valence-electron chi connectivity index (χ3n) is 5.27. The Hall–Kier alpha value is -3.21. The molecule has 5 nitrogen and oxygen atoms in total. The molecule has 1 aliphatic rings. The molecule has 0 saturated carbocycles. The van der Waals surface area contributed by atoms with E-state index in [4.69, 9.17) is 0 Å². The molecule has 1 aromatic heterocycles. The molecular weight excluding hydrogens is 350 g/mol. The van der Waals surface area contributed by atoms with Crippen LogP contribution in [-0.4, -0.2) is 22.2 Å². The van der Waals surface area contributed by atoms with Crippen molar-refractivity contribution in [3.63, 3.8) is 0 Å². The number of nitrogens with one attached hydrogen (secondary N) is 1. The zero-order valence-corrected chi connectivity index (χ0v) is 15.7. The summed E-state index contributed by atoms with van der Waals surface area (Å²) in [6, 6.07) is 21.3. The van der Waals surface area contributed by atoms with Gasteiger partial charge in [0.1, 0.15) is 0 Å². The van der Waals surface area contributed by atoms with Crippen LogP contribution >= 0.6 is 0 Å². The highest BCUT2D eigenvalue weighted by Crippen LogP contribution is 2.34. The molecule has 28 heavy (non-hydrogen) atoms. The lowest BCUT2D eigenvalue weighted by Gasteiger charge is -2.12. The summed E-state index contributed by atoms with van der Waals surface area (Å²) in [5, 5.41) is 7.36. The van der Waals surface area contributed by atoms with Crippen LogP contribution in [0.2, 0.25) is 0 Å². The third kappa shape index (κ3) is 4.03. The highest BCUT2D eigenvalue weighted by molar-refractivity contribution is 5.77. The molecule has 142 valence electrons. The third-order valence-corrected chi connectivity index (χ3v) is 5.27. The smallest absolute Gasteiger partial charge is 0.266 e. The molecule has 1 amide bonds. The Labute approximate surface area is 164 Å².